The summed E-state index contributed by atoms with van der Waals surface area (Å²) in [5.41, 5.74) is 2.43. The first-order valence-electron chi connectivity index (χ1n) is 7.80. The normalized spacial score (nSPS) is 10.8. The minimum Gasteiger partial charge on any atom is -0.497 e. The third-order valence-corrected chi connectivity index (χ3v) is 3.49. The fourth-order valence-electron chi connectivity index (χ4n) is 2.28. The minimum atomic E-state index is -0.245. The average Bonchev–Trinajstić information content (AvgIpc) is 3.08. The maximum atomic E-state index is 12.0. The Kier molecular flexibility index (Phi) is 5.21. The molecule has 1 amide bonds. The number of nitrogens with zero attached hydrogens (tertiary/aromatic N) is 3. The van der Waals surface area contributed by atoms with Crippen LogP contribution in [0.1, 0.15) is 11.3 Å². The van der Waals surface area contributed by atoms with Crippen molar-refractivity contribution in [3.05, 3.63) is 78.1 Å². The van der Waals surface area contributed by atoms with Crippen molar-refractivity contribution >= 4 is 17.7 Å². The summed E-state index contributed by atoms with van der Waals surface area (Å²) in [5.74, 6) is 0.441. The number of amides is 1. The first kappa shape index (κ1) is 16.4. The number of carbonyl (C=O) groups excluding carboxylic acids is 1. The second kappa shape index (κ2) is 7.92. The SMILES string of the molecule is COc1cccc(NC(=O)C=Cc2cn(Cc3ccccc3)nn2)c1. The lowest BCUT2D eigenvalue weighted by Gasteiger charge is -2.04. The van der Waals surface area contributed by atoms with Gasteiger partial charge in [-0.3, -0.25) is 4.79 Å². The van der Waals surface area contributed by atoms with Gasteiger partial charge in [0.1, 0.15) is 11.4 Å². The summed E-state index contributed by atoms with van der Waals surface area (Å²) in [4.78, 5) is 12.0. The summed E-state index contributed by atoms with van der Waals surface area (Å²) in [6.07, 6.45) is 4.85. The smallest absolute Gasteiger partial charge is 0.248 e. The number of aromatic nitrogens is 3. The zero-order valence-corrected chi connectivity index (χ0v) is 13.8. The predicted molar refractivity (Wildman–Crippen MR) is 96.2 cm³/mol. The fourth-order valence-corrected chi connectivity index (χ4v) is 2.28. The molecule has 0 saturated carbocycles. The highest BCUT2D eigenvalue weighted by molar-refractivity contribution is 6.01. The van der Waals surface area contributed by atoms with E-state index in [0.717, 1.165) is 5.56 Å². The summed E-state index contributed by atoms with van der Waals surface area (Å²) < 4.78 is 6.86. The van der Waals surface area contributed by atoms with E-state index >= 15 is 0 Å². The van der Waals surface area contributed by atoms with E-state index in [1.54, 1.807) is 36.2 Å². The van der Waals surface area contributed by atoms with Crippen LogP contribution in [-0.2, 0) is 11.3 Å². The molecule has 3 aromatic rings. The van der Waals surface area contributed by atoms with Gasteiger partial charge in [-0.15, -0.1) is 5.10 Å². The number of rotatable bonds is 6. The van der Waals surface area contributed by atoms with E-state index in [9.17, 15) is 4.79 Å². The van der Waals surface area contributed by atoms with Crippen LogP contribution in [0.5, 0.6) is 5.75 Å². The zero-order chi connectivity index (χ0) is 17.5. The molecule has 0 atom stereocenters. The molecule has 0 bridgehead atoms. The Labute approximate surface area is 145 Å². The van der Waals surface area contributed by atoms with Gasteiger partial charge in [0.05, 0.1) is 19.9 Å². The molecule has 0 aliphatic carbocycles. The second-order valence-electron chi connectivity index (χ2n) is 5.38. The van der Waals surface area contributed by atoms with E-state index < -0.39 is 0 Å². The van der Waals surface area contributed by atoms with Crippen LogP contribution in [0.15, 0.2) is 66.9 Å². The van der Waals surface area contributed by atoms with Crippen LogP contribution in [0, 0.1) is 0 Å². The molecule has 6 heteroatoms. The summed E-state index contributed by atoms with van der Waals surface area (Å²) in [6.45, 7) is 0.637. The van der Waals surface area contributed by atoms with Crippen molar-refractivity contribution in [2.75, 3.05) is 12.4 Å². The van der Waals surface area contributed by atoms with E-state index in [0.29, 0.717) is 23.7 Å². The Hall–Kier alpha value is -3.41. The first-order chi connectivity index (χ1) is 12.2. The number of hydrogen-bond donors (Lipinski definition) is 1. The van der Waals surface area contributed by atoms with Gasteiger partial charge in [0.15, 0.2) is 0 Å². The third-order valence-electron chi connectivity index (χ3n) is 3.49. The van der Waals surface area contributed by atoms with Crippen molar-refractivity contribution in [3.63, 3.8) is 0 Å². The number of carbonyl (C=O) groups is 1. The van der Waals surface area contributed by atoms with E-state index in [4.69, 9.17) is 4.74 Å². The van der Waals surface area contributed by atoms with E-state index in [1.165, 1.54) is 6.08 Å². The molecular weight excluding hydrogens is 316 g/mol. The fraction of sp³-hybridized carbons (Fsp3) is 0.105. The number of hydrogen-bond acceptors (Lipinski definition) is 4. The molecule has 0 unspecified atom stereocenters. The molecule has 0 aliphatic heterocycles. The number of methoxy groups -OCH3 is 1. The van der Waals surface area contributed by atoms with Crippen molar-refractivity contribution in [2.45, 2.75) is 6.54 Å². The van der Waals surface area contributed by atoms with Crippen LogP contribution in [0.4, 0.5) is 5.69 Å². The highest BCUT2D eigenvalue weighted by Gasteiger charge is 2.02. The number of nitrogens with one attached hydrogen (secondary N) is 1. The Morgan fingerprint density at radius 3 is 2.84 bits per heavy atom. The van der Waals surface area contributed by atoms with E-state index in [2.05, 4.69) is 15.6 Å². The van der Waals surface area contributed by atoms with Gasteiger partial charge in [0, 0.05) is 17.8 Å². The van der Waals surface area contributed by atoms with Crippen molar-refractivity contribution in [1.82, 2.24) is 15.0 Å². The quantitative estimate of drug-likeness (QED) is 0.704. The van der Waals surface area contributed by atoms with Crippen LogP contribution in [0.25, 0.3) is 6.08 Å². The zero-order valence-electron chi connectivity index (χ0n) is 13.8. The molecule has 126 valence electrons. The average molecular weight is 334 g/mol. The van der Waals surface area contributed by atoms with Crippen molar-refractivity contribution < 1.29 is 9.53 Å². The van der Waals surface area contributed by atoms with Crippen LogP contribution in [0.2, 0.25) is 0 Å². The standard InChI is InChI=1S/C19H18N4O2/c1-25-18-9-5-8-16(12-18)20-19(24)11-10-17-14-23(22-21-17)13-15-6-3-2-4-7-15/h2-12,14H,13H2,1H3,(H,20,24). The molecule has 3 rings (SSSR count). The molecular formula is C19H18N4O2. The molecule has 1 aromatic heterocycles. The van der Waals surface area contributed by atoms with Crippen LogP contribution < -0.4 is 10.1 Å². The van der Waals surface area contributed by atoms with Gasteiger partial charge >= 0.3 is 0 Å². The van der Waals surface area contributed by atoms with E-state index in [1.807, 2.05) is 42.5 Å². The first-order valence-corrected chi connectivity index (χ1v) is 7.80. The van der Waals surface area contributed by atoms with Gasteiger partial charge in [-0.05, 0) is 23.8 Å². The number of anilines is 1. The molecule has 2 aromatic carbocycles. The molecule has 0 fully saturated rings. The van der Waals surface area contributed by atoms with Gasteiger partial charge in [-0.25, -0.2) is 4.68 Å². The molecule has 1 N–H and O–H groups in total. The third kappa shape index (κ3) is 4.78. The summed E-state index contributed by atoms with van der Waals surface area (Å²) in [7, 11) is 1.58. The number of ether oxygens (including phenoxy) is 1. The summed E-state index contributed by atoms with van der Waals surface area (Å²) in [6, 6.07) is 17.2. The van der Waals surface area contributed by atoms with Gasteiger partial charge in [0.25, 0.3) is 0 Å². The maximum Gasteiger partial charge on any atom is 0.248 e. The minimum absolute atomic E-state index is 0.245. The molecule has 6 nitrogen and oxygen atoms in total. The maximum absolute atomic E-state index is 12.0. The Bertz CT molecular complexity index is 872. The van der Waals surface area contributed by atoms with Gasteiger partial charge in [0.2, 0.25) is 5.91 Å². The lowest BCUT2D eigenvalue weighted by molar-refractivity contribution is -0.111. The molecule has 1 heterocycles. The van der Waals surface area contributed by atoms with Crippen molar-refractivity contribution in [2.24, 2.45) is 0 Å². The van der Waals surface area contributed by atoms with Crippen LogP contribution in [-0.4, -0.2) is 28.0 Å². The summed E-state index contributed by atoms with van der Waals surface area (Å²) >= 11 is 0. The topological polar surface area (TPSA) is 69.0 Å². The molecule has 0 spiro atoms. The Morgan fingerprint density at radius 1 is 1.20 bits per heavy atom. The Morgan fingerprint density at radius 2 is 2.04 bits per heavy atom. The van der Waals surface area contributed by atoms with Gasteiger partial charge in [-0.1, -0.05) is 41.6 Å². The number of benzene rings is 2. The van der Waals surface area contributed by atoms with Gasteiger partial charge < -0.3 is 10.1 Å². The molecule has 0 saturated heterocycles. The van der Waals surface area contributed by atoms with Crippen molar-refractivity contribution in [1.29, 1.82) is 0 Å². The van der Waals surface area contributed by atoms with E-state index in [-0.39, 0.29) is 5.91 Å². The predicted octanol–water partition coefficient (Wildman–Crippen LogP) is 2.99. The summed E-state index contributed by atoms with van der Waals surface area (Å²) in [5, 5.41) is 10.9. The molecule has 0 radical (unpaired) electrons. The largest absolute Gasteiger partial charge is 0.497 e. The van der Waals surface area contributed by atoms with Gasteiger partial charge in [-0.2, -0.15) is 0 Å². The molecule has 0 aliphatic rings. The van der Waals surface area contributed by atoms with Crippen LogP contribution in [0.3, 0.4) is 0 Å². The van der Waals surface area contributed by atoms with Crippen LogP contribution >= 0.6 is 0 Å². The highest BCUT2D eigenvalue weighted by Crippen LogP contribution is 2.16. The monoisotopic (exact) mass is 334 g/mol. The Balaban J connectivity index is 1.59. The lowest BCUT2D eigenvalue weighted by Crippen LogP contribution is -2.07. The lowest BCUT2D eigenvalue weighted by atomic mass is 10.2. The van der Waals surface area contributed by atoms with Crippen molar-refractivity contribution in [3.8, 4) is 5.75 Å². The second-order valence-corrected chi connectivity index (χ2v) is 5.38. The molecule has 25 heavy (non-hydrogen) atoms. The highest BCUT2D eigenvalue weighted by atomic mass is 16.5.